The number of likely N-dealkylation sites (tertiary alicyclic amines) is 1. The molecule has 0 bridgehead atoms. The number of nitrogens with zero attached hydrogens (tertiary/aromatic N) is 4. The van der Waals surface area contributed by atoms with Gasteiger partial charge in [-0.15, -0.1) is 0 Å². The van der Waals surface area contributed by atoms with Crippen LogP contribution in [-0.4, -0.2) is 43.5 Å². The summed E-state index contributed by atoms with van der Waals surface area (Å²) < 4.78 is 7.58. The van der Waals surface area contributed by atoms with Gasteiger partial charge in [-0.25, -0.2) is 4.98 Å². The predicted molar refractivity (Wildman–Crippen MR) is 98.0 cm³/mol. The summed E-state index contributed by atoms with van der Waals surface area (Å²) >= 11 is 0. The monoisotopic (exact) mass is 366 g/mol. The second kappa shape index (κ2) is 7.00. The Balaban J connectivity index is 1.40. The zero-order valence-corrected chi connectivity index (χ0v) is 15.2. The molecule has 0 aromatic carbocycles. The molecular weight excluding hydrogens is 344 g/mol. The van der Waals surface area contributed by atoms with Crippen molar-refractivity contribution in [3.8, 4) is 0 Å². The van der Waals surface area contributed by atoms with E-state index in [1.807, 2.05) is 35.9 Å². The van der Waals surface area contributed by atoms with E-state index in [0.29, 0.717) is 49.7 Å². The quantitative estimate of drug-likeness (QED) is 0.766. The first-order valence-corrected chi connectivity index (χ1v) is 9.03. The third-order valence-corrected chi connectivity index (χ3v) is 5.04. The Hall–Kier alpha value is -2.93. The van der Waals surface area contributed by atoms with Crippen molar-refractivity contribution in [3.05, 3.63) is 72.0 Å². The predicted octanol–water partition coefficient (Wildman–Crippen LogP) is 2.35. The molecule has 1 saturated heterocycles. The van der Waals surface area contributed by atoms with Crippen molar-refractivity contribution in [1.29, 1.82) is 0 Å². The largest absolute Gasteiger partial charge is 0.454 e. The van der Waals surface area contributed by atoms with E-state index in [4.69, 9.17) is 4.42 Å². The van der Waals surface area contributed by atoms with E-state index in [0.717, 1.165) is 5.56 Å². The molecule has 140 valence electrons. The van der Waals surface area contributed by atoms with E-state index < -0.39 is 5.60 Å². The van der Waals surface area contributed by atoms with Crippen LogP contribution in [0.15, 0.2) is 53.6 Å². The maximum atomic E-state index is 12.7. The van der Waals surface area contributed by atoms with Gasteiger partial charge in [-0.1, -0.05) is 6.07 Å². The van der Waals surface area contributed by atoms with Crippen LogP contribution in [0.1, 0.15) is 40.4 Å². The smallest absolute Gasteiger partial charge is 0.289 e. The first-order chi connectivity index (χ1) is 13.0. The zero-order chi connectivity index (χ0) is 18.9. The van der Waals surface area contributed by atoms with Gasteiger partial charge in [0.05, 0.1) is 18.6 Å². The SMILES string of the molecule is Cc1ccc(C2(O)CCN(C(=O)c3ccc(Cn4ccnc4)o3)CC2)nc1. The van der Waals surface area contributed by atoms with E-state index in [1.165, 1.54) is 0 Å². The Labute approximate surface area is 157 Å². The lowest BCUT2D eigenvalue weighted by Crippen LogP contribution is -2.45. The first kappa shape index (κ1) is 17.5. The van der Waals surface area contributed by atoms with Crippen LogP contribution in [0.2, 0.25) is 0 Å². The maximum absolute atomic E-state index is 12.7. The van der Waals surface area contributed by atoms with Gasteiger partial charge in [0.25, 0.3) is 5.91 Å². The molecule has 0 atom stereocenters. The Morgan fingerprint density at radius 3 is 2.74 bits per heavy atom. The van der Waals surface area contributed by atoms with Crippen LogP contribution >= 0.6 is 0 Å². The molecule has 4 heterocycles. The summed E-state index contributed by atoms with van der Waals surface area (Å²) in [4.78, 5) is 22.8. The summed E-state index contributed by atoms with van der Waals surface area (Å²) in [6.07, 6.45) is 7.92. The summed E-state index contributed by atoms with van der Waals surface area (Å²) in [5.74, 6) is 0.878. The van der Waals surface area contributed by atoms with Crippen LogP contribution < -0.4 is 0 Å². The molecule has 0 saturated carbocycles. The molecule has 1 aliphatic rings. The van der Waals surface area contributed by atoms with Gasteiger partial charge >= 0.3 is 0 Å². The number of rotatable bonds is 4. The van der Waals surface area contributed by atoms with Crippen LogP contribution in [0.25, 0.3) is 0 Å². The fraction of sp³-hybridized carbons (Fsp3) is 0.350. The highest BCUT2D eigenvalue weighted by Gasteiger charge is 2.37. The van der Waals surface area contributed by atoms with E-state index in [2.05, 4.69) is 9.97 Å². The molecule has 1 aliphatic heterocycles. The second-order valence-corrected chi connectivity index (χ2v) is 7.05. The van der Waals surface area contributed by atoms with Crippen molar-refractivity contribution < 1.29 is 14.3 Å². The number of carbonyl (C=O) groups excluding carboxylic acids is 1. The molecule has 7 nitrogen and oxygen atoms in total. The third kappa shape index (κ3) is 3.64. The second-order valence-electron chi connectivity index (χ2n) is 7.05. The molecule has 4 rings (SSSR count). The summed E-state index contributed by atoms with van der Waals surface area (Å²) in [7, 11) is 0. The number of aryl methyl sites for hydroxylation is 1. The molecule has 0 unspecified atom stereocenters. The Kier molecular flexibility index (Phi) is 4.53. The van der Waals surface area contributed by atoms with Gasteiger partial charge in [0.15, 0.2) is 5.76 Å². The number of carbonyl (C=O) groups is 1. The topological polar surface area (TPSA) is 84.4 Å². The van der Waals surface area contributed by atoms with Gasteiger partial charge in [-0.3, -0.25) is 9.78 Å². The number of amides is 1. The summed E-state index contributed by atoms with van der Waals surface area (Å²) in [5, 5.41) is 10.9. The number of furan rings is 1. The van der Waals surface area contributed by atoms with Crippen LogP contribution in [0.5, 0.6) is 0 Å². The fourth-order valence-electron chi connectivity index (χ4n) is 3.37. The summed E-state index contributed by atoms with van der Waals surface area (Å²) in [6, 6.07) is 7.32. The Morgan fingerprint density at radius 1 is 1.26 bits per heavy atom. The molecule has 1 fully saturated rings. The van der Waals surface area contributed by atoms with Gasteiger partial charge < -0.3 is 19.0 Å². The normalized spacial score (nSPS) is 16.4. The molecule has 0 spiro atoms. The number of piperidine rings is 1. The minimum absolute atomic E-state index is 0.147. The average molecular weight is 366 g/mol. The lowest BCUT2D eigenvalue weighted by atomic mass is 9.87. The molecule has 7 heteroatoms. The zero-order valence-electron chi connectivity index (χ0n) is 15.2. The molecular formula is C20H22N4O3. The highest BCUT2D eigenvalue weighted by atomic mass is 16.4. The number of imidazole rings is 1. The Morgan fingerprint density at radius 2 is 2.07 bits per heavy atom. The van der Waals surface area contributed by atoms with Gasteiger partial charge in [0.2, 0.25) is 0 Å². The minimum Gasteiger partial charge on any atom is -0.454 e. The maximum Gasteiger partial charge on any atom is 0.289 e. The Bertz CT molecular complexity index is 907. The first-order valence-electron chi connectivity index (χ1n) is 9.03. The average Bonchev–Trinajstić information content (AvgIpc) is 3.35. The molecule has 3 aromatic rings. The number of hydrogen-bond acceptors (Lipinski definition) is 5. The minimum atomic E-state index is -0.986. The summed E-state index contributed by atoms with van der Waals surface area (Å²) in [6.45, 7) is 3.42. The van der Waals surface area contributed by atoms with Gasteiger partial charge in [-0.2, -0.15) is 0 Å². The molecule has 0 aliphatic carbocycles. The van der Waals surface area contributed by atoms with Crippen molar-refractivity contribution >= 4 is 5.91 Å². The van der Waals surface area contributed by atoms with Crippen molar-refractivity contribution in [2.45, 2.75) is 31.9 Å². The van der Waals surface area contributed by atoms with Gasteiger partial charge in [0.1, 0.15) is 11.4 Å². The van der Waals surface area contributed by atoms with Crippen LogP contribution in [0.4, 0.5) is 0 Å². The van der Waals surface area contributed by atoms with E-state index in [-0.39, 0.29) is 5.91 Å². The van der Waals surface area contributed by atoms with E-state index in [1.54, 1.807) is 29.7 Å². The lowest BCUT2D eigenvalue weighted by molar-refractivity contribution is -0.0250. The number of aromatic nitrogens is 3. The standard InChI is InChI=1S/C20H22N4O3/c1-15-2-5-18(22-12-15)20(26)6-9-24(10-7-20)19(25)17-4-3-16(27-17)13-23-11-8-21-14-23/h2-5,8,11-12,14,26H,6-7,9-10,13H2,1H3. The highest BCUT2D eigenvalue weighted by molar-refractivity contribution is 5.91. The van der Waals surface area contributed by atoms with Crippen molar-refractivity contribution in [2.75, 3.05) is 13.1 Å². The van der Waals surface area contributed by atoms with Crippen LogP contribution in [0, 0.1) is 6.92 Å². The third-order valence-electron chi connectivity index (χ3n) is 5.04. The van der Waals surface area contributed by atoms with Crippen molar-refractivity contribution in [1.82, 2.24) is 19.4 Å². The van der Waals surface area contributed by atoms with E-state index in [9.17, 15) is 9.90 Å². The highest BCUT2D eigenvalue weighted by Crippen LogP contribution is 2.32. The van der Waals surface area contributed by atoms with E-state index >= 15 is 0 Å². The number of pyridine rings is 1. The van der Waals surface area contributed by atoms with Gasteiger partial charge in [0, 0.05) is 31.7 Å². The number of aliphatic hydroxyl groups is 1. The van der Waals surface area contributed by atoms with Crippen molar-refractivity contribution in [2.24, 2.45) is 0 Å². The number of hydrogen-bond donors (Lipinski definition) is 1. The lowest BCUT2D eigenvalue weighted by Gasteiger charge is -2.37. The summed E-state index contributed by atoms with van der Waals surface area (Å²) in [5.41, 5.74) is 0.736. The van der Waals surface area contributed by atoms with Crippen LogP contribution in [-0.2, 0) is 12.1 Å². The molecule has 1 amide bonds. The van der Waals surface area contributed by atoms with Crippen molar-refractivity contribution in [3.63, 3.8) is 0 Å². The van der Waals surface area contributed by atoms with Crippen LogP contribution in [0.3, 0.4) is 0 Å². The fourth-order valence-corrected chi connectivity index (χ4v) is 3.37. The molecule has 3 aromatic heterocycles. The van der Waals surface area contributed by atoms with Gasteiger partial charge in [-0.05, 0) is 43.5 Å². The molecule has 0 radical (unpaired) electrons. The molecule has 27 heavy (non-hydrogen) atoms. The molecule has 1 N–H and O–H groups in total.